The summed E-state index contributed by atoms with van der Waals surface area (Å²) in [7, 11) is 0. The van der Waals surface area contributed by atoms with E-state index in [2.05, 4.69) is 9.64 Å². The van der Waals surface area contributed by atoms with E-state index in [1.165, 1.54) is 12.1 Å². The number of rotatable bonds is 5. The molecule has 0 spiro atoms. The maximum absolute atomic E-state index is 12.2. The first-order valence-corrected chi connectivity index (χ1v) is 7.66. The average Bonchev–Trinajstić information content (AvgIpc) is 2.89. The fourth-order valence-corrected chi connectivity index (χ4v) is 3.67. The van der Waals surface area contributed by atoms with E-state index in [1.54, 1.807) is 12.1 Å². The lowest BCUT2D eigenvalue weighted by molar-refractivity contribution is -0.274. The molecule has 1 aromatic carbocycles. The second-order valence-corrected chi connectivity index (χ2v) is 6.26. The molecule has 2 fully saturated rings. The zero-order chi connectivity index (χ0) is 18.7. The summed E-state index contributed by atoms with van der Waals surface area (Å²) >= 11 is 0. The molecule has 3 rings (SSSR count). The molecular weight excluding hydrogens is 343 g/mol. The standard InChI is InChI=1S/C15H18F3NO3.CH2O2/c16-15(17,18)22-11-3-1-2-10(4-11)5-19-6-12-13(7-19)14(12,8-20)9-21;2-1-3/h1-4,12-13,20-21H,5-9H2;1H,(H,2,3). The van der Waals surface area contributed by atoms with Gasteiger partial charge in [0.15, 0.2) is 0 Å². The second-order valence-electron chi connectivity index (χ2n) is 6.26. The Bertz CT molecular complexity index is 577. The number of hydrogen-bond acceptors (Lipinski definition) is 5. The van der Waals surface area contributed by atoms with E-state index in [-0.39, 0.29) is 42.7 Å². The van der Waals surface area contributed by atoms with Gasteiger partial charge < -0.3 is 20.1 Å². The van der Waals surface area contributed by atoms with E-state index in [0.717, 1.165) is 18.7 Å². The first kappa shape index (κ1) is 19.5. The van der Waals surface area contributed by atoms with Crippen LogP contribution in [0.5, 0.6) is 5.75 Å². The molecule has 0 bridgehead atoms. The van der Waals surface area contributed by atoms with Gasteiger partial charge in [-0.3, -0.25) is 9.69 Å². The minimum Gasteiger partial charge on any atom is -0.483 e. The van der Waals surface area contributed by atoms with Crippen molar-refractivity contribution in [3.63, 3.8) is 0 Å². The SMILES string of the molecule is O=CO.OCC1(CO)C2CN(Cc3cccc(OC(F)(F)F)c3)CC21. The van der Waals surface area contributed by atoms with Crippen LogP contribution >= 0.6 is 0 Å². The van der Waals surface area contributed by atoms with Crippen LogP contribution in [0.15, 0.2) is 24.3 Å². The van der Waals surface area contributed by atoms with Crippen molar-refractivity contribution in [1.82, 2.24) is 4.90 Å². The van der Waals surface area contributed by atoms with Crippen molar-refractivity contribution in [1.29, 1.82) is 0 Å². The molecule has 1 aromatic rings. The molecule has 2 unspecified atom stereocenters. The van der Waals surface area contributed by atoms with Crippen LogP contribution in [0.25, 0.3) is 0 Å². The Morgan fingerprint density at radius 1 is 1.24 bits per heavy atom. The molecule has 0 aromatic heterocycles. The molecule has 9 heteroatoms. The number of likely N-dealkylation sites (tertiary alicyclic amines) is 1. The highest BCUT2D eigenvalue weighted by atomic mass is 19.4. The van der Waals surface area contributed by atoms with Gasteiger partial charge >= 0.3 is 6.36 Å². The minimum atomic E-state index is -4.68. The maximum Gasteiger partial charge on any atom is 0.573 e. The Kier molecular flexibility index (Phi) is 5.91. The van der Waals surface area contributed by atoms with E-state index >= 15 is 0 Å². The topological polar surface area (TPSA) is 90.2 Å². The predicted molar refractivity (Wildman–Crippen MR) is 80.7 cm³/mol. The number of alkyl halides is 3. The fraction of sp³-hybridized carbons (Fsp3) is 0.562. The smallest absolute Gasteiger partial charge is 0.483 e. The van der Waals surface area contributed by atoms with Crippen molar-refractivity contribution in [3.05, 3.63) is 29.8 Å². The Morgan fingerprint density at radius 3 is 2.28 bits per heavy atom. The summed E-state index contributed by atoms with van der Waals surface area (Å²) in [4.78, 5) is 10.5. The largest absolute Gasteiger partial charge is 0.573 e. The molecule has 0 radical (unpaired) electrons. The first-order valence-electron chi connectivity index (χ1n) is 7.66. The number of hydrogen-bond donors (Lipinski definition) is 3. The van der Waals surface area contributed by atoms with Gasteiger partial charge in [-0.2, -0.15) is 0 Å². The third-order valence-corrected chi connectivity index (χ3v) is 4.89. The number of fused-ring (bicyclic) bond motifs is 1. The molecule has 1 aliphatic heterocycles. The van der Waals surface area contributed by atoms with Gasteiger partial charge in [0.2, 0.25) is 0 Å². The van der Waals surface area contributed by atoms with Gasteiger partial charge in [0, 0.05) is 25.0 Å². The highest BCUT2D eigenvalue weighted by Crippen LogP contribution is 2.62. The van der Waals surface area contributed by atoms with Crippen LogP contribution in [0.2, 0.25) is 0 Å². The molecule has 2 aliphatic rings. The average molecular weight is 363 g/mol. The van der Waals surface area contributed by atoms with Crippen molar-refractivity contribution in [3.8, 4) is 5.75 Å². The molecule has 1 aliphatic carbocycles. The quantitative estimate of drug-likeness (QED) is 0.684. The third-order valence-electron chi connectivity index (χ3n) is 4.89. The monoisotopic (exact) mass is 363 g/mol. The van der Waals surface area contributed by atoms with Crippen LogP contribution in [0.1, 0.15) is 5.56 Å². The highest BCUT2D eigenvalue weighted by molar-refractivity contribution is 5.32. The summed E-state index contributed by atoms with van der Waals surface area (Å²) in [5, 5.41) is 25.7. The van der Waals surface area contributed by atoms with Gasteiger partial charge in [-0.15, -0.1) is 13.2 Å². The number of halogens is 3. The Morgan fingerprint density at radius 2 is 1.80 bits per heavy atom. The molecule has 1 heterocycles. The van der Waals surface area contributed by atoms with Gasteiger partial charge in [-0.25, -0.2) is 0 Å². The number of aliphatic hydroxyl groups excluding tert-OH is 2. The molecule has 3 N–H and O–H groups in total. The van der Waals surface area contributed by atoms with Crippen LogP contribution < -0.4 is 4.74 Å². The van der Waals surface area contributed by atoms with Gasteiger partial charge in [-0.05, 0) is 29.5 Å². The van der Waals surface area contributed by atoms with E-state index in [4.69, 9.17) is 9.90 Å². The normalized spacial score (nSPS) is 24.0. The van der Waals surface area contributed by atoms with Crippen molar-refractivity contribution < 1.29 is 38.0 Å². The number of benzene rings is 1. The third kappa shape index (κ3) is 4.42. The van der Waals surface area contributed by atoms with Gasteiger partial charge in [0.05, 0.1) is 13.2 Å². The number of ether oxygens (including phenoxy) is 1. The van der Waals surface area contributed by atoms with E-state index in [9.17, 15) is 23.4 Å². The number of carbonyl (C=O) groups is 1. The van der Waals surface area contributed by atoms with Crippen molar-refractivity contribution in [2.75, 3.05) is 26.3 Å². The first-order chi connectivity index (χ1) is 11.8. The maximum atomic E-state index is 12.2. The molecule has 1 saturated heterocycles. The van der Waals surface area contributed by atoms with E-state index < -0.39 is 6.36 Å². The molecule has 25 heavy (non-hydrogen) atoms. The Labute approximate surface area is 142 Å². The summed E-state index contributed by atoms with van der Waals surface area (Å²) < 4.78 is 40.6. The number of nitrogens with zero attached hydrogens (tertiary/aromatic N) is 1. The Balaban J connectivity index is 0.000000701. The number of aliphatic hydroxyl groups is 2. The highest BCUT2D eigenvalue weighted by Gasteiger charge is 2.67. The predicted octanol–water partition coefficient (Wildman–Crippen LogP) is 1.32. The molecule has 0 amide bonds. The summed E-state index contributed by atoms with van der Waals surface area (Å²) in [6, 6.07) is 5.97. The molecule has 6 nitrogen and oxygen atoms in total. The van der Waals surface area contributed by atoms with E-state index in [1.807, 2.05) is 0 Å². The summed E-state index contributed by atoms with van der Waals surface area (Å²) in [5.74, 6) is 0.337. The molecular formula is C16H20F3NO5. The summed E-state index contributed by atoms with van der Waals surface area (Å²) in [6.45, 7) is 1.75. The number of carboxylic acid groups (broad SMARTS) is 1. The van der Waals surface area contributed by atoms with Crippen molar-refractivity contribution in [2.24, 2.45) is 17.3 Å². The lowest BCUT2D eigenvalue weighted by Crippen LogP contribution is -2.31. The van der Waals surface area contributed by atoms with Crippen molar-refractivity contribution >= 4 is 6.47 Å². The molecule has 2 atom stereocenters. The lowest BCUT2D eigenvalue weighted by Gasteiger charge is -2.24. The van der Waals surface area contributed by atoms with E-state index in [0.29, 0.717) is 6.54 Å². The van der Waals surface area contributed by atoms with Crippen LogP contribution in [-0.4, -0.2) is 59.4 Å². The molecule has 1 saturated carbocycles. The summed E-state index contributed by atoms with van der Waals surface area (Å²) in [5.41, 5.74) is 0.402. The zero-order valence-electron chi connectivity index (χ0n) is 13.3. The summed E-state index contributed by atoms with van der Waals surface area (Å²) in [6.07, 6.45) is -4.68. The second kappa shape index (κ2) is 7.59. The fourth-order valence-electron chi connectivity index (χ4n) is 3.67. The zero-order valence-corrected chi connectivity index (χ0v) is 13.3. The van der Waals surface area contributed by atoms with Gasteiger partial charge in [0.1, 0.15) is 5.75 Å². The Hall–Kier alpha value is -1.84. The van der Waals surface area contributed by atoms with Gasteiger partial charge in [-0.1, -0.05) is 12.1 Å². The minimum absolute atomic E-state index is 0.0123. The van der Waals surface area contributed by atoms with Crippen LogP contribution in [0, 0.1) is 17.3 Å². The lowest BCUT2D eigenvalue weighted by atomic mass is 10.0. The van der Waals surface area contributed by atoms with Gasteiger partial charge in [0.25, 0.3) is 6.47 Å². The number of piperidine rings is 1. The van der Waals surface area contributed by atoms with Crippen LogP contribution in [0.3, 0.4) is 0 Å². The van der Waals surface area contributed by atoms with Crippen LogP contribution in [0.4, 0.5) is 13.2 Å². The van der Waals surface area contributed by atoms with Crippen molar-refractivity contribution in [2.45, 2.75) is 12.9 Å². The molecule has 140 valence electrons. The van der Waals surface area contributed by atoms with Crippen LogP contribution in [-0.2, 0) is 11.3 Å².